The summed E-state index contributed by atoms with van der Waals surface area (Å²) in [5.74, 6) is 0.821. The van der Waals surface area contributed by atoms with Crippen LogP contribution >= 0.6 is 0 Å². The minimum atomic E-state index is -0.119. The Balaban J connectivity index is 1.37. The van der Waals surface area contributed by atoms with Crippen molar-refractivity contribution in [3.05, 3.63) is 18.3 Å². The number of nitrogens with one attached hydrogen (secondary N) is 3. The van der Waals surface area contributed by atoms with Gasteiger partial charge in [0.05, 0.1) is 5.69 Å². The Hall–Kier alpha value is -2.31. The zero-order valence-corrected chi connectivity index (χ0v) is 16.7. The van der Waals surface area contributed by atoms with E-state index in [1.807, 2.05) is 12.1 Å². The highest BCUT2D eigenvalue weighted by atomic mass is 16.2. The molecule has 1 saturated carbocycles. The molecular weight excluding hydrogens is 354 g/mol. The molecule has 0 atom stereocenters. The van der Waals surface area contributed by atoms with Crippen molar-refractivity contribution < 1.29 is 9.59 Å². The third kappa shape index (κ3) is 6.39. The first-order chi connectivity index (χ1) is 13.7. The molecule has 1 aliphatic heterocycles. The van der Waals surface area contributed by atoms with E-state index in [2.05, 4.69) is 25.8 Å². The monoisotopic (exact) mass is 387 g/mol. The summed E-state index contributed by atoms with van der Waals surface area (Å²) in [5.41, 5.74) is 0.775. The summed E-state index contributed by atoms with van der Waals surface area (Å²) >= 11 is 0. The third-order valence-corrected chi connectivity index (χ3v) is 5.52. The van der Waals surface area contributed by atoms with E-state index >= 15 is 0 Å². The van der Waals surface area contributed by atoms with Crippen LogP contribution in [0, 0.1) is 0 Å². The fourth-order valence-corrected chi connectivity index (χ4v) is 4.00. The van der Waals surface area contributed by atoms with Gasteiger partial charge in [-0.3, -0.25) is 4.79 Å². The van der Waals surface area contributed by atoms with Crippen molar-refractivity contribution in [3.63, 3.8) is 0 Å². The van der Waals surface area contributed by atoms with E-state index in [1.165, 1.54) is 38.5 Å². The molecule has 2 fully saturated rings. The van der Waals surface area contributed by atoms with Crippen LogP contribution in [0.3, 0.4) is 0 Å². The second kappa shape index (κ2) is 10.9. The second-order valence-corrected chi connectivity index (χ2v) is 7.81. The Bertz CT molecular complexity index is 639. The van der Waals surface area contributed by atoms with E-state index in [0.717, 1.165) is 37.4 Å². The summed E-state index contributed by atoms with van der Waals surface area (Å²) in [6.45, 7) is 2.47. The van der Waals surface area contributed by atoms with Gasteiger partial charge in [-0.1, -0.05) is 19.3 Å². The van der Waals surface area contributed by atoms with Crippen molar-refractivity contribution in [3.8, 4) is 0 Å². The van der Waals surface area contributed by atoms with Crippen molar-refractivity contribution in [2.45, 2.75) is 70.3 Å². The average molecular weight is 388 g/mol. The molecule has 1 aliphatic carbocycles. The van der Waals surface area contributed by atoms with Gasteiger partial charge in [0.1, 0.15) is 0 Å². The first-order valence-corrected chi connectivity index (χ1v) is 10.8. The standard InChI is InChI=1S/C21H33N5O2/c27-19(12-8-14-23-21(28)24-17-9-3-1-4-10-17)25-18-11-7-13-22-20(18)26-15-5-2-6-16-26/h7,11,13,17H,1-6,8-10,12,14-16H2,(H,25,27)(H2,23,24,28). The fraction of sp³-hybridized carbons (Fsp3) is 0.667. The molecule has 3 amide bonds. The van der Waals surface area contributed by atoms with Crippen molar-refractivity contribution in [2.24, 2.45) is 0 Å². The van der Waals surface area contributed by atoms with Crippen LogP contribution in [0.1, 0.15) is 64.2 Å². The number of nitrogens with zero attached hydrogens (tertiary/aromatic N) is 2. The molecule has 0 aromatic carbocycles. The van der Waals surface area contributed by atoms with Crippen LogP contribution in [0.4, 0.5) is 16.3 Å². The Kier molecular flexibility index (Phi) is 7.94. The smallest absolute Gasteiger partial charge is 0.315 e. The molecule has 28 heavy (non-hydrogen) atoms. The number of anilines is 2. The number of amides is 3. The lowest BCUT2D eigenvalue weighted by Gasteiger charge is -2.29. The molecule has 7 heteroatoms. The van der Waals surface area contributed by atoms with Gasteiger partial charge in [0.15, 0.2) is 5.82 Å². The van der Waals surface area contributed by atoms with Gasteiger partial charge in [-0.25, -0.2) is 9.78 Å². The minimum Gasteiger partial charge on any atom is -0.355 e. The molecule has 2 heterocycles. The average Bonchev–Trinajstić information content (AvgIpc) is 2.73. The summed E-state index contributed by atoms with van der Waals surface area (Å²) in [6, 6.07) is 3.94. The minimum absolute atomic E-state index is 0.0410. The van der Waals surface area contributed by atoms with Gasteiger partial charge < -0.3 is 20.9 Å². The van der Waals surface area contributed by atoms with Gasteiger partial charge in [0, 0.05) is 38.3 Å². The summed E-state index contributed by atoms with van der Waals surface area (Å²) in [7, 11) is 0. The highest BCUT2D eigenvalue weighted by Gasteiger charge is 2.17. The molecule has 3 rings (SSSR count). The third-order valence-electron chi connectivity index (χ3n) is 5.52. The maximum absolute atomic E-state index is 12.3. The first-order valence-electron chi connectivity index (χ1n) is 10.8. The van der Waals surface area contributed by atoms with Crippen LogP contribution < -0.4 is 20.9 Å². The number of aromatic nitrogens is 1. The second-order valence-electron chi connectivity index (χ2n) is 7.81. The lowest BCUT2D eigenvalue weighted by Crippen LogP contribution is -2.43. The molecule has 2 aliphatic rings. The summed E-state index contributed by atoms with van der Waals surface area (Å²) in [5, 5.41) is 8.88. The van der Waals surface area contributed by atoms with Crippen molar-refractivity contribution in [1.29, 1.82) is 0 Å². The molecular formula is C21H33N5O2. The normalized spacial score (nSPS) is 17.8. The molecule has 7 nitrogen and oxygen atoms in total. The quantitative estimate of drug-likeness (QED) is 0.626. The van der Waals surface area contributed by atoms with E-state index in [1.54, 1.807) is 6.20 Å². The van der Waals surface area contributed by atoms with Crippen LogP contribution in [0.25, 0.3) is 0 Å². The van der Waals surface area contributed by atoms with Crippen molar-refractivity contribution in [2.75, 3.05) is 29.9 Å². The van der Waals surface area contributed by atoms with Gasteiger partial charge in [0.25, 0.3) is 0 Å². The Labute approximate surface area is 167 Å². The molecule has 1 aromatic heterocycles. The van der Waals surface area contributed by atoms with Gasteiger partial charge in [0.2, 0.25) is 5.91 Å². The first kappa shape index (κ1) is 20.4. The van der Waals surface area contributed by atoms with Gasteiger partial charge >= 0.3 is 6.03 Å². The van der Waals surface area contributed by atoms with E-state index in [9.17, 15) is 9.59 Å². The molecule has 0 unspecified atom stereocenters. The molecule has 0 radical (unpaired) electrons. The number of urea groups is 1. The number of hydrogen-bond acceptors (Lipinski definition) is 4. The number of hydrogen-bond donors (Lipinski definition) is 3. The lowest BCUT2D eigenvalue weighted by molar-refractivity contribution is -0.116. The predicted octanol–water partition coefficient (Wildman–Crippen LogP) is 3.42. The predicted molar refractivity (Wildman–Crippen MR) is 112 cm³/mol. The largest absolute Gasteiger partial charge is 0.355 e. The van der Waals surface area contributed by atoms with E-state index < -0.39 is 0 Å². The topological polar surface area (TPSA) is 86.4 Å². The molecule has 3 N–H and O–H groups in total. The SMILES string of the molecule is O=C(CCCNC(=O)NC1CCCCC1)Nc1cccnc1N1CCCCC1. The number of carbonyl (C=O) groups is 2. The fourth-order valence-electron chi connectivity index (χ4n) is 4.00. The van der Waals surface area contributed by atoms with E-state index in [-0.39, 0.29) is 11.9 Å². The lowest BCUT2D eigenvalue weighted by atomic mass is 9.96. The maximum atomic E-state index is 12.3. The van der Waals surface area contributed by atoms with Crippen LogP contribution in [0.2, 0.25) is 0 Å². The molecule has 0 bridgehead atoms. The summed E-state index contributed by atoms with van der Waals surface area (Å²) in [4.78, 5) is 31.0. The Morgan fingerprint density at radius 1 is 1.07 bits per heavy atom. The Morgan fingerprint density at radius 3 is 2.61 bits per heavy atom. The molecule has 1 aromatic rings. The zero-order valence-electron chi connectivity index (χ0n) is 16.7. The van der Waals surface area contributed by atoms with Gasteiger partial charge in [-0.05, 0) is 50.7 Å². The van der Waals surface area contributed by atoms with Crippen LogP contribution in [0.15, 0.2) is 18.3 Å². The van der Waals surface area contributed by atoms with E-state index in [4.69, 9.17) is 0 Å². The van der Waals surface area contributed by atoms with E-state index in [0.29, 0.717) is 25.4 Å². The Morgan fingerprint density at radius 2 is 1.82 bits per heavy atom. The summed E-state index contributed by atoms with van der Waals surface area (Å²) < 4.78 is 0. The molecule has 0 spiro atoms. The van der Waals surface area contributed by atoms with Crippen molar-refractivity contribution in [1.82, 2.24) is 15.6 Å². The summed E-state index contributed by atoms with van der Waals surface area (Å²) in [6.07, 6.45) is 12.1. The van der Waals surface area contributed by atoms with Crippen molar-refractivity contribution >= 4 is 23.4 Å². The van der Waals surface area contributed by atoms with Crippen LogP contribution in [-0.4, -0.2) is 42.6 Å². The molecule has 1 saturated heterocycles. The number of rotatable bonds is 7. The number of carbonyl (C=O) groups excluding carboxylic acids is 2. The molecule has 154 valence electrons. The number of pyridine rings is 1. The van der Waals surface area contributed by atoms with Gasteiger partial charge in [-0.2, -0.15) is 0 Å². The van der Waals surface area contributed by atoms with Gasteiger partial charge in [-0.15, -0.1) is 0 Å². The zero-order chi connectivity index (χ0) is 19.6. The highest BCUT2D eigenvalue weighted by molar-refractivity contribution is 5.93. The van der Waals surface area contributed by atoms with Crippen LogP contribution in [0.5, 0.6) is 0 Å². The number of piperidine rings is 1. The maximum Gasteiger partial charge on any atom is 0.315 e. The highest BCUT2D eigenvalue weighted by Crippen LogP contribution is 2.25. The van der Waals surface area contributed by atoms with Crippen LogP contribution in [-0.2, 0) is 4.79 Å².